The van der Waals surface area contributed by atoms with Crippen LogP contribution in [0.4, 0.5) is 4.79 Å². The van der Waals surface area contributed by atoms with Crippen LogP contribution in [0.15, 0.2) is 6.20 Å². The SMILES string of the molecule is O=C1CCN(Cc2cn([C@@H]3O[C@H](CO)[C@H](O)C3O)nn2)C(=O)N1. The van der Waals surface area contributed by atoms with Crippen LogP contribution >= 0.6 is 0 Å². The van der Waals surface area contributed by atoms with Gasteiger partial charge in [0.15, 0.2) is 6.23 Å². The van der Waals surface area contributed by atoms with Crippen LogP contribution in [-0.2, 0) is 16.1 Å². The lowest BCUT2D eigenvalue weighted by molar-refractivity contribution is -0.121. The molecule has 0 radical (unpaired) electrons. The van der Waals surface area contributed by atoms with Crippen LogP contribution in [-0.4, -0.2) is 78.6 Å². The van der Waals surface area contributed by atoms with Crippen molar-refractivity contribution in [2.75, 3.05) is 13.2 Å². The summed E-state index contributed by atoms with van der Waals surface area (Å²) in [6, 6.07) is -0.497. The molecule has 0 aliphatic carbocycles. The highest BCUT2D eigenvalue weighted by Crippen LogP contribution is 2.28. The lowest BCUT2D eigenvalue weighted by Gasteiger charge is -2.25. The zero-order chi connectivity index (χ0) is 16.6. The fourth-order valence-corrected chi connectivity index (χ4v) is 2.55. The number of nitrogens with one attached hydrogen (secondary N) is 1. The van der Waals surface area contributed by atoms with Gasteiger partial charge in [-0.1, -0.05) is 5.21 Å². The number of rotatable bonds is 4. The van der Waals surface area contributed by atoms with Gasteiger partial charge in [0, 0.05) is 13.0 Å². The van der Waals surface area contributed by atoms with Crippen LogP contribution in [0.3, 0.4) is 0 Å². The van der Waals surface area contributed by atoms with Crippen molar-refractivity contribution < 1.29 is 29.6 Å². The van der Waals surface area contributed by atoms with Crippen molar-refractivity contribution >= 4 is 11.9 Å². The Bertz CT molecular complexity index is 607. The zero-order valence-corrected chi connectivity index (χ0v) is 12.1. The summed E-state index contributed by atoms with van der Waals surface area (Å²) in [7, 11) is 0. The monoisotopic (exact) mass is 327 g/mol. The molecule has 3 amide bonds. The van der Waals surface area contributed by atoms with Gasteiger partial charge in [0.25, 0.3) is 0 Å². The highest BCUT2D eigenvalue weighted by molar-refractivity contribution is 5.96. The first-order valence-corrected chi connectivity index (χ1v) is 7.11. The second-order valence-electron chi connectivity index (χ2n) is 5.44. The van der Waals surface area contributed by atoms with Gasteiger partial charge in [0.05, 0.1) is 19.3 Å². The van der Waals surface area contributed by atoms with Gasteiger partial charge in [-0.2, -0.15) is 0 Å². The number of aliphatic hydroxyl groups excluding tert-OH is 3. The Morgan fingerprint density at radius 1 is 1.35 bits per heavy atom. The Balaban J connectivity index is 1.67. The summed E-state index contributed by atoms with van der Waals surface area (Å²) in [6.45, 7) is -0.00243. The summed E-state index contributed by atoms with van der Waals surface area (Å²) in [5.41, 5.74) is 0.437. The van der Waals surface area contributed by atoms with Crippen LogP contribution < -0.4 is 5.32 Å². The molecule has 4 N–H and O–H groups in total. The van der Waals surface area contributed by atoms with Gasteiger partial charge in [-0.25, -0.2) is 9.48 Å². The van der Waals surface area contributed by atoms with Crippen molar-refractivity contribution in [2.24, 2.45) is 0 Å². The van der Waals surface area contributed by atoms with E-state index in [0.29, 0.717) is 5.69 Å². The minimum Gasteiger partial charge on any atom is -0.394 e. The maximum atomic E-state index is 11.7. The van der Waals surface area contributed by atoms with Crippen molar-refractivity contribution in [3.63, 3.8) is 0 Å². The molecule has 1 aromatic heterocycles. The van der Waals surface area contributed by atoms with Gasteiger partial charge >= 0.3 is 6.03 Å². The largest absolute Gasteiger partial charge is 0.394 e. The smallest absolute Gasteiger partial charge is 0.324 e. The van der Waals surface area contributed by atoms with E-state index in [0.717, 1.165) is 0 Å². The number of aromatic nitrogens is 3. The number of hydrogen-bond acceptors (Lipinski definition) is 8. The number of carbonyl (C=O) groups is 2. The Morgan fingerprint density at radius 2 is 2.13 bits per heavy atom. The topological polar surface area (TPSA) is 150 Å². The molecular weight excluding hydrogens is 310 g/mol. The van der Waals surface area contributed by atoms with E-state index in [1.54, 1.807) is 0 Å². The van der Waals surface area contributed by atoms with Crippen molar-refractivity contribution in [1.82, 2.24) is 25.2 Å². The van der Waals surface area contributed by atoms with Crippen molar-refractivity contribution in [1.29, 1.82) is 0 Å². The molecule has 2 aliphatic heterocycles. The minimum absolute atomic E-state index is 0.147. The predicted octanol–water partition coefficient (Wildman–Crippen LogP) is -2.67. The summed E-state index contributed by atoms with van der Waals surface area (Å²) >= 11 is 0. The summed E-state index contributed by atoms with van der Waals surface area (Å²) in [5, 5.41) is 38.6. The molecule has 2 saturated heterocycles. The third-order valence-corrected chi connectivity index (χ3v) is 3.83. The van der Waals surface area contributed by atoms with Gasteiger partial charge in [-0.15, -0.1) is 5.10 Å². The van der Waals surface area contributed by atoms with Gasteiger partial charge < -0.3 is 25.0 Å². The standard InChI is InChI=1S/C12H17N5O6/c18-5-7-9(20)10(21)11(23-7)17-4-6(14-15-17)3-16-2-1-8(19)13-12(16)22/h4,7,9-11,18,20-21H,1-3,5H2,(H,13,19,22)/t7-,9+,10?,11-/m1/s1. The van der Waals surface area contributed by atoms with E-state index in [-0.39, 0.29) is 25.4 Å². The van der Waals surface area contributed by atoms with E-state index in [1.807, 2.05) is 0 Å². The van der Waals surface area contributed by atoms with E-state index in [9.17, 15) is 19.8 Å². The molecule has 0 saturated carbocycles. The Hall–Kier alpha value is -2.08. The molecular formula is C12H17N5O6. The van der Waals surface area contributed by atoms with Gasteiger partial charge in [-0.3, -0.25) is 10.1 Å². The molecule has 0 spiro atoms. The van der Waals surface area contributed by atoms with E-state index < -0.39 is 37.2 Å². The Labute approximate surface area is 130 Å². The van der Waals surface area contributed by atoms with E-state index >= 15 is 0 Å². The van der Waals surface area contributed by atoms with Gasteiger partial charge in [-0.05, 0) is 0 Å². The van der Waals surface area contributed by atoms with Crippen LogP contribution in [0.25, 0.3) is 0 Å². The molecule has 1 unspecified atom stereocenters. The van der Waals surface area contributed by atoms with Crippen molar-refractivity contribution in [2.45, 2.75) is 37.5 Å². The molecule has 126 valence electrons. The molecule has 0 bridgehead atoms. The predicted molar refractivity (Wildman–Crippen MR) is 71.6 cm³/mol. The lowest BCUT2D eigenvalue weighted by Crippen LogP contribution is -2.48. The second kappa shape index (κ2) is 6.20. The lowest BCUT2D eigenvalue weighted by atomic mass is 10.1. The number of urea groups is 1. The average Bonchev–Trinajstić information content (AvgIpc) is 3.08. The third-order valence-electron chi connectivity index (χ3n) is 3.83. The maximum Gasteiger partial charge on any atom is 0.324 e. The number of nitrogens with zero attached hydrogens (tertiary/aromatic N) is 4. The number of hydrogen-bond donors (Lipinski definition) is 4. The highest BCUT2D eigenvalue weighted by atomic mass is 16.6. The molecule has 1 aromatic rings. The normalized spacial score (nSPS) is 31.5. The van der Waals surface area contributed by atoms with E-state index in [2.05, 4.69) is 15.6 Å². The number of aliphatic hydroxyl groups is 3. The molecule has 2 fully saturated rings. The molecule has 11 nitrogen and oxygen atoms in total. The fraction of sp³-hybridized carbons (Fsp3) is 0.667. The van der Waals surface area contributed by atoms with Gasteiger partial charge in [0.2, 0.25) is 5.91 Å². The van der Waals surface area contributed by atoms with Crippen LogP contribution in [0, 0.1) is 0 Å². The fourth-order valence-electron chi connectivity index (χ4n) is 2.55. The molecule has 2 aliphatic rings. The van der Waals surface area contributed by atoms with Crippen LogP contribution in [0.1, 0.15) is 18.3 Å². The highest BCUT2D eigenvalue weighted by Gasteiger charge is 2.44. The first-order chi connectivity index (χ1) is 11.0. The van der Waals surface area contributed by atoms with Crippen LogP contribution in [0.5, 0.6) is 0 Å². The summed E-state index contributed by atoms with van der Waals surface area (Å²) in [4.78, 5) is 24.2. The van der Waals surface area contributed by atoms with Crippen molar-refractivity contribution in [3.05, 3.63) is 11.9 Å². The van der Waals surface area contributed by atoms with Gasteiger partial charge in [0.1, 0.15) is 24.0 Å². The summed E-state index contributed by atoms with van der Waals surface area (Å²) in [6.07, 6.45) is -2.66. The second-order valence-corrected chi connectivity index (χ2v) is 5.44. The third kappa shape index (κ3) is 3.03. The molecule has 4 atom stereocenters. The maximum absolute atomic E-state index is 11.7. The zero-order valence-electron chi connectivity index (χ0n) is 12.1. The molecule has 3 rings (SSSR count). The minimum atomic E-state index is -1.25. The quantitative estimate of drug-likeness (QED) is 0.467. The van der Waals surface area contributed by atoms with E-state index in [1.165, 1.54) is 15.8 Å². The number of ether oxygens (including phenoxy) is 1. The number of amides is 3. The Morgan fingerprint density at radius 3 is 2.78 bits per heavy atom. The molecule has 0 aromatic carbocycles. The molecule has 3 heterocycles. The molecule has 11 heteroatoms. The number of carbonyl (C=O) groups excluding carboxylic acids is 2. The number of imide groups is 1. The van der Waals surface area contributed by atoms with E-state index in [4.69, 9.17) is 9.84 Å². The van der Waals surface area contributed by atoms with Crippen LogP contribution in [0.2, 0.25) is 0 Å². The first kappa shape index (κ1) is 15.8. The van der Waals surface area contributed by atoms with Crippen molar-refractivity contribution in [3.8, 4) is 0 Å². The average molecular weight is 327 g/mol. The summed E-state index contributed by atoms with van der Waals surface area (Å²) < 4.78 is 6.56. The Kier molecular flexibility index (Phi) is 4.26. The molecule has 23 heavy (non-hydrogen) atoms. The first-order valence-electron chi connectivity index (χ1n) is 7.11. The summed E-state index contributed by atoms with van der Waals surface area (Å²) in [5.74, 6) is -0.318.